The Balaban J connectivity index is 2.19. The van der Waals surface area contributed by atoms with E-state index in [9.17, 15) is 13.9 Å². The van der Waals surface area contributed by atoms with E-state index < -0.39 is 17.2 Å². The summed E-state index contributed by atoms with van der Waals surface area (Å²) in [6, 6.07) is 9.69. The number of rotatable bonds is 4. The van der Waals surface area contributed by atoms with Crippen LogP contribution in [-0.2, 0) is 5.54 Å². The number of aliphatic hydroxyl groups is 1. The third-order valence-corrected chi connectivity index (χ3v) is 2.96. The van der Waals surface area contributed by atoms with Crippen LogP contribution >= 0.6 is 0 Å². The van der Waals surface area contributed by atoms with Gasteiger partial charge in [0.15, 0.2) is 11.6 Å². The molecule has 20 heavy (non-hydrogen) atoms. The van der Waals surface area contributed by atoms with Crippen LogP contribution in [0.1, 0.15) is 12.5 Å². The summed E-state index contributed by atoms with van der Waals surface area (Å²) in [4.78, 5) is 0. The smallest absolute Gasteiger partial charge is 0.168 e. The van der Waals surface area contributed by atoms with Crippen LogP contribution < -0.4 is 10.5 Å². The summed E-state index contributed by atoms with van der Waals surface area (Å²) in [7, 11) is 0. The molecular formula is C15H15F2NO2. The number of hydrogen-bond donors (Lipinski definition) is 2. The second-order valence-corrected chi connectivity index (χ2v) is 4.78. The first-order chi connectivity index (χ1) is 9.42. The Labute approximate surface area is 115 Å². The molecule has 5 heteroatoms. The van der Waals surface area contributed by atoms with Gasteiger partial charge in [-0.2, -0.15) is 0 Å². The normalized spacial score (nSPS) is 13.8. The molecule has 0 aliphatic carbocycles. The summed E-state index contributed by atoms with van der Waals surface area (Å²) in [6.45, 7) is 1.50. The van der Waals surface area contributed by atoms with Crippen LogP contribution in [0.3, 0.4) is 0 Å². The minimum atomic E-state index is -0.848. The van der Waals surface area contributed by atoms with Gasteiger partial charge < -0.3 is 15.6 Å². The van der Waals surface area contributed by atoms with E-state index in [-0.39, 0.29) is 12.4 Å². The van der Waals surface area contributed by atoms with Crippen molar-refractivity contribution in [3.05, 3.63) is 59.7 Å². The standard InChI is InChI=1S/C15H15F2NO2/c1-15(18,9-19)10-2-5-12(6-3-10)20-14-7-4-11(16)8-13(14)17/h2-8,19H,9,18H2,1H3/t15-/m0/s1. The van der Waals surface area contributed by atoms with Gasteiger partial charge in [0.05, 0.1) is 12.1 Å². The van der Waals surface area contributed by atoms with E-state index in [1.54, 1.807) is 31.2 Å². The van der Waals surface area contributed by atoms with E-state index in [4.69, 9.17) is 10.5 Å². The fourth-order valence-electron chi connectivity index (χ4n) is 1.68. The number of nitrogens with two attached hydrogens (primary N) is 1. The predicted octanol–water partition coefficient (Wildman–Crippen LogP) is 2.92. The van der Waals surface area contributed by atoms with Gasteiger partial charge >= 0.3 is 0 Å². The number of hydrogen-bond acceptors (Lipinski definition) is 3. The fourth-order valence-corrected chi connectivity index (χ4v) is 1.68. The second-order valence-electron chi connectivity index (χ2n) is 4.78. The van der Waals surface area contributed by atoms with Crippen molar-refractivity contribution in [2.45, 2.75) is 12.5 Å². The first kappa shape index (κ1) is 14.4. The van der Waals surface area contributed by atoms with Crippen LogP contribution in [0.15, 0.2) is 42.5 Å². The highest BCUT2D eigenvalue weighted by molar-refractivity contribution is 5.35. The van der Waals surface area contributed by atoms with Gasteiger partial charge in [-0.15, -0.1) is 0 Å². The predicted molar refractivity (Wildman–Crippen MR) is 71.5 cm³/mol. The molecule has 2 aromatic rings. The molecule has 2 aromatic carbocycles. The van der Waals surface area contributed by atoms with Gasteiger partial charge in [-0.05, 0) is 36.8 Å². The van der Waals surface area contributed by atoms with Crippen LogP contribution in [0, 0.1) is 11.6 Å². The Hall–Kier alpha value is -1.98. The van der Waals surface area contributed by atoms with Gasteiger partial charge in [0.2, 0.25) is 0 Å². The Morgan fingerprint density at radius 1 is 1.15 bits per heavy atom. The summed E-state index contributed by atoms with van der Waals surface area (Å²) in [5.74, 6) is -1.09. The highest BCUT2D eigenvalue weighted by atomic mass is 19.1. The van der Waals surface area contributed by atoms with E-state index in [1.165, 1.54) is 6.07 Å². The molecule has 0 saturated carbocycles. The molecule has 1 atom stereocenters. The molecular weight excluding hydrogens is 264 g/mol. The monoisotopic (exact) mass is 279 g/mol. The van der Waals surface area contributed by atoms with E-state index in [0.717, 1.165) is 17.7 Å². The molecule has 0 aliphatic rings. The summed E-state index contributed by atoms with van der Waals surface area (Å²) >= 11 is 0. The number of ether oxygens (including phenoxy) is 1. The average Bonchev–Trinajstić information content (AvgIpc) is 2.42. The second kappa shape index (κ2) is 5.56. The van der Waals surface area contributed by atoms with E-state index in [0.29, 0.717) is 5.75 Å². The highest BCUT2D eigenvalue weighted by Gasteiger charge is 2.19. The molecule has 0 saturated heterocycles. The Kier molecular flexibility index (Phi) is 4.01. The minimum Gasteiger partial charge on any atom is -0.454 e. The molecule has 106 valence electrons. The molecule has 3 nitrogen and oxygen atoms in total. The number of benzene rings is 2. The molecule has 0 amide bonds. The van der Waals surface area contributed by atoms with Crippen molar-refractivity contribution < 1.29 is 18.6 Å². The zero-order chi connectivity index (χ0) is 14.8. The molecule has 0 aromatic heterocycles. The average molecular weight is 279 g/mol. The lowest BCUT2D eigenvalue weighted by atomic mass is 9.94. The van der Waals surface area contributed by atoms with Gasteiger partial charge in [0, 0.05) is 6.07 Å². The maximum Gasteiger partial charge on any atom is 0.168 e. The van der Waals surface area contributed by atoms with Crippen molar-refractivity contribution in [1.82, 2.24) is 0 Å². The molecule has 0 spiro atoms. The Bertz CT molecular complexity index is 597. The van der Waals surface area contributed by atoms with Crippen LogP contribution in [0.25, 0.3) is 0 Å². The molecule has 2 rings (SSSR count). The Morgan fingerprint density at radius 2 is 1.80 bits per heavy atom. The quantitative estimate of drug-likeness (QED) is 0.904. The van der Waals surface area contributed by atoms with Crippen LogP contribution in [0.2, 0.25) is 0 Å². The number of halogens is 2. The third kappa shape index (κ3) is 3.12. The van der Waals surface area contributed by atoms with E-state index in [1.807, 2.05) is 0 Å². The largest absolute Gasteiger partial charge is 0.454 e. The van der Waals surface area contributed by atoms with Crippen molar-refractivity contribution in [1.29, 1.82) is 0 Å². The summed E-state index contributed by atoms with van der Waals surface area (Å²) in [5, 5.41) is 9.17. The zero-order valence-corrected chi connectivity index (χ0v) is 10.9. The fraction of sp³-hybridized carbons (Fsp3) is 0.200. The van der Waals surface area contributed by atoms with Crippen molar-refractivity contribution >= 4 is 0 Å². The lowest BCUT2D eigenvalue weighted by Crippen LogP contribution is -2.36. The van der Waals surface area contributed by atoms with E-state index >= 15 is 0 Å². The van der Waals surface area contributed by atoms with Gasteiger partial charge in [0.1, 0.15) is 11.6 Å². The third-order valence-electron chi connectivity index (χ3n) is 2.96. The zero-order valence-electron chi connectivity index (χ0n) is 10.9. The topological polar surface area (TPSA) is 55.5 Å². The minimum absolute atomic E-state index is 0.0585. The number of aliphatic hydroxyl groups excluding tert-OH is 1. The van der Waals surface area contributed by atoms with Gasteiger partial charge in [-0.1, -0.05) is 12.1 Å². The molecule has 0 aliphatic heterocycles. The van der Waals surface area contributed by atoms with Gasteiger partial charge in [-0.25, -0.2) is 8.78 Å². The highest BCUT2D eigenvalue weighted by Crippen LogP contribution is 2.27. The Morgan fingerprint density at radius 3 is 2.35 bits per heavy atom. The van der Waals surface area contributed by atoms with E-state index in [2.05, 4.69) is 0 Å². The first-order valence-electron chi connectivity index (χ1n) is 6.05. The van der Waals surface area contributed by atoms with Gasteiger partial charge in [-0.3, -0.25) is 0 Å². The van der Waals surface area contributed by atoms with Gasteiger partial charge in [0.25, 0.3) is 0 Å². The summed E-state index contributed by atoms with van der Waals surface area (Å²) in [6.07, 6.45) is 0. The van der Waals surface area contributed by atoms with Crippen LogP contribution in [0.4, 0.5) is 8.78 Å². The molecule has 0 unspecified atom stereocenters. The van der Waals surface area contributed by atoms with Crippen LogP contribution in [-0.4, -0.2) is 11.7 Å². The molecule has 3 N–H and O–H groups in total. The first-order valence-corrected chi connectivity index (χ1v) is 6.05. The maximum atomic E-state index is 13.4. The van der Waals surface area contributed by atoms with Crippen molar-refractivity contribution in [2.75, 3.05) is 6.61 Å². The molecule has 0 bridgehead atoms. The maximum absolute atomic E-state index is 13.4. The lowest BCUT2D eigenvalue weighted by Gasteiger charge is -2.22. The SMILES string of the molecule is C[C@](N)(CO)c1ccc(Oc2ccc(F)cc2F)cc1. The lowest BCUT2D eigenvalue weighted by molar-refractivity contribution is 0.210. The van der Waals surface area contributed by atoms with Crippen molar-refractivity contribution in [3.8, 4) is 11.5 Å². The van der Waals surface area contributed by atoms with Crippen molar-refractivity contribution in [3.63, 3.8) is 0 Å². The molecule has 0 radical (unpaired) electrons. The van der Waals surface area contributed by atoms with Crippen molar-refractivity contribution in [2.24, 2.45) is 5.73 Å². The summed E-state index contributed by atoms with van der Waals surface area (Å²) in [5.41, 5.74) is 5.77. The molecule has 0 fully saturated rings. The molecule has 0 heterocycles. The summed E-state index contributed by atoms with van der Waals surface area (Å²) < 4.78 is 31.5. The van der Waals surface area contributed by atoms with Crippen LogP contribution in [0.5, 0.6) is 11.5 Å².